The average Bonchev–Trinajstić information content (AvgIpc) is 3.55. The molecular formula is C34H35ClF2N3O4S-. The minimum absolute atomic E-state index is 0.0664. The fourth-order valence-corrected chi connectivity index (χ4v) is 6.48. The number of hydrogen-bond acceptors (Lipinski definition) is 5. The maximum Gasteiger partial charge on any atom is 0.303 e. The highest BCUT2D eigenvalue weighted by Crippen LogP contribution is 2.40. The first-order valence-electron chi connectivity index (χ1n) is 14.9. The van der Waals surface area contributed by atoms with Gasteiger partial charge in [-0.05, 0) is 96.9 Å². The van der Waals surface area contributed by atoms with E-state index in [9.17, 15) is 13.6 Å². The molecule has 238 valence electrons. The Morgan fingerprint density at radius 2 is 1.60 bits per heavy atom. The molecule has 0 bridgehead atoms. The van der Waals surface area contributed by atoms with Crippen LogP contribution in [0.25, 0.3) is 21.9 Å². The highest BCUT2D eigenvalue weighted by molar-refractivity contribution is 7.80. The Bertz CT molecular complexity index is 1650. The molecule has 2 N–H and O–H groups in total. The van der Waals surface area contributed by atoms with E-state index in [1.165, 1.54) is 43.4 Å². The smallest absolute Gasteiger partial charge is 0.303 e. The molecule has 7 nitrogen and oxygen atoms in total. The van der Waals surface area contributed by atoms with Crippen molar-refractivity contribution in [3.63, 3.8) is 0 Å². The van der Waals surface area contributed by atoms with E-state index in [1.54, 1.807) is 42.5 Å². The van der Waals surface area contributed by atoms with Gasteiger partial charge in [-0.2, -0.15) is 8.78 Å². The van der Waals surface area contributed by atoms with Crippen LogP contribution in [0.2, 0.25) is 5.02 Å². The molecule has 1 aliphatic rings. The van der Waals surface area contributed by atoms with Gasteiger partial charge in [0.2, 0.25) is 0 Å². The van der Waals surface area contributed by atoms with Crippen molar-refractivity contribution in [2.75, 3.05) is 24.4 Å². The number of nitrogens with zero attached hydrogens (tertiary/aromatic N) is 2. The number of carbonyl (C=O) groups is 1. The zero-order valence-corrected chi connectivity index (χ0v) is 26.4. The van der Waals surface area contributed by atoms with Crippen molar-refractivity contribution in [1.29, 1.82) is 0 Å². The first-order valence-corrected chi connectivity index (χ1v) is 16.3. The lowest BCUT2D eigenvalue weighted by Crippen LogP contribution is -2.56. The standard InChI is InChI=1S/C34H36ClF2N3O4S/c1-39(20-4-19-38)33(41)32(34(36,37)27-13-7-23(8-14-27)24-9-15-28(35)16-10-24)40(45(42)43)29-17-11-26-22-31(18-12-25(26)21-29)44-30-5-2-3-6-30/h7-18,21-22,30,32H,2-6,19-20,38H2,1H3,(H,42,43)/p-1/t32-/m1/s1. The zero-order chi connectivity index (χ0) is 32.1. The van der Waals surface area contributed by atoms with Gasteiger partial charge in [0.25, 0.3) is 5.91 Å². The van der Waals surface area contributed by atoms with Crippen LogP contribution in [0.1, 0.15) is 37.7 Å². The minimum Gasteiger partial charge on any atom is -0.755 e. The molecule has 1 amide bonds. The Labute approximate surface area is 269 Å². The molecule has 0 heterocycles. The molecule has 0 radical (unpaired) electrons. The Morgan fingerprint density at radius 1 is 1.00 bits per heavy atom. The summed E-state index contributed by atoms with van der Waals surface area (Å²) in [7, 11) is 1.36. The number of ether oxygens (including phenoxy) is 1. The predicted molar refractivity (Wildman–Crippen MR) is 174 cm³/mol. The second-order valence-electron chi connectivity index (χ2n) is 11.3. The highest BCUT2D eigenvalue weighted by Gasteiger charge is 2.51. The van der Waals surface area contributed by atoms with Crippen molar-refractivity contribution in [1.82, 2.24) is 4.90 Å². The molecule has 5 rings (SSSR count). The van der Waals surface area contributed by atoms with E-state index in [2.05, 4.69) is 0 Å². The number of halogens is 3. The van der Waals surface area contributed by atoms with Gasteiger partial charge in [0.1, 0.15) is 5.75 Å². The predicted octanol–water partition coefficient (Wildman–Crippen LogP) is 7.05. The van der Waals surface area contributed by atoms with Gasteiger partial charge in [-0.3, -0.25) is 13.3 Å². The van der Waals surface area contributed by atoms with E-state index in [0.29, 0.717) is 32.4 Å². The number of nitrogens with two attached hydrogens (primary N) is 1. The monoisotopic (exact) mass is 654 g/mol. The van der Waals surface area contributed by atoms with Crippen LogP contribution in [0, 0.1) is 0 Å². The van der Waals surface area contributed by atoms with Gasteiger partial charge in [0.15, 0.2) is 6.04 Å². The Balaban J connectivity index is 1.52. The number of anilines is 1. The van der Waals surface area contributed by atoms with Crippen LogP contribution in [-0.2, 0) is 22.0 Å². The number of amides is 1. The summed E-state index contributed by atoms with van der Waals surface area (Å²) in [5, 5.41) is 1.90. The lowest BCUT2D eigenvalue weighted by molar-refractivity contribution is -0.141. The molecule has 1 fully saturated rings. The van der Waals surface area contributed by atoms with E-state index in [-0.39, 0.29) is 24.9 Å². The van der Waals surface area contributed by atoms with Crippen LogP contribution < -0.4 is 14.8 Å². The number of alkyl halides is 2. The summed E-state index contributed by atoms with van der Waals surface area (Å²) >= 11 is 2.74. The summed E-state index contributed by atoms with van der Waals surface area (Å²) < 4.78 is 65.3. The Kier molecular flexibility index (Phi) is 10.4. The van der Waals surface area contributed by atoms with Crippen LogP contribution in [-0.4, -0.2) is 51.9 Å². The molecule has 11 heteroatoms. The molecule has 0 spiro atoms. The lowest BCUT2D eigenvalue weighted by atomic mass is 9.96. The van der Waals surface area contributed by atoms with Crippen molar-refractivity contribution >= 4 is 45.2 Å². The van der Waals surface area contributed by atoms with Crippen molar-refractivity contribution in [2.45, 2.75) is 50.2 Å². The number of rotatable bonds is 12. The zero-order valence-electron chi connectivity index (χ0n) is 24.8. The molecule has 2 atom stereocenters. The topological polar surface area (TPSA) is 98.9 Å². The summed E-state index contributed by atoms with van der Waals surface area (Å²) in [5.41, 5.74) is 6.45. The summed E-state index contributed by atoms with van der Waals surface area (Å²) in [6.45, 7) is 0.317. The maximum absolute atomic E-state index is 16.6. The van der Waals surface area contributed by atoms with Crippen LogP contribution in [0.4, 0.5) is 14.5 Å². The van der Waals surface area contributed by atoms with Gasteiger partial charge in [-0.25, -0.2) is 0 Å². The summed E-state index contributed by atoms with van der Waals surface area (Å²) in [6.07, 6.45) is 4.76. The molecule has 1 unspecified atom stereocenters. The van der Waals surface area contributed by atoms with Crippen molar-refractivity contribution in [3.05, 3.63) is 95.5 Å². The van der Waals surface area contributed by atoms with E-state index in [0.717, 1.165) is 41.5 Å². The van der Waals surface area contributed by atoms with Gasteiger partial charge >= 0.3 is 5.92 Å². The fourth-order valence-electron chi connectivity index (χ4n) is 5.68. The van der Waals surface area contributed by atoms with Crippen LogP contribution in [0.3, 0.4) is 0 Å². The molecule has 0 aliphatic heterocycles. The largest absolute Gasteiger partial charge is 0.755 e. The highest BCUT2D eigenvalue weighted by atomic mass is 35.5. The molecule has 1 aliphatic carbocycles. The van der Waals surface area contributed by atoms with Gasteiger partial charge < -0.3 is 19.9 Å². The summed E-state index contributed by atoms with van der Waals surface area (Å²) in [5.74, 6) is -4.28. The third-order valence-electron chi connectivity index (χ3n) is 8.15. The van der Waals surface area contributed by atoms with Crippen LogP contribution in [0.5, 0.6) is 5.75 Å². The van der Waals surface area contributed by atoms with Crippen LogP contribution in [0.15, 0.2) is 84.9 Å². The van der Waals surface area contributed by atoms with E-state index in [1.807, 2.05) is 6.07 Å². The molecule has 45 heavy (non-hydrogen) atoms. The van der Waals surface area contributed by atoms with Gasteiger partial charge in [-0.1, -0.05) is 60.1 Å². The SMILES string of the molecule is CN(CCCN)C(=O)[C@@H](N(c1ccc2cc(OC3CCCC3)ccc2c1)S(=O)[O-])C(F)(F)c1ccc(-c2ccc(Cl)cc2)cc1. The van der Waals surface area contributed by atoms with E-state index >= 15 is 8.78 Å². The van der Waals surface area contributed by atoms with Crippen molar-refractivity contribution in [2.24, 2.45) is 5.73 Å². The van der Waals surface area contributed by atoms with Crippen molar-refractivity contribution in [3.8, 4) is 16.9 Å². The number of likely N-dealkylation sites (N-methyl/N-ethyl adjacent to an activating group) is 1. The molecule has 0 saturated heterocycles. The third-order valence-corrected chi connectivity index (χ3v) is 9.14. The first-order chi connectivity index (χ1) is 21.6. The first kappa shape index (κ1) is 32.8. The Morgan fingerprint density at radius 3 is 2.22 bits per heavy atom. The van der Waals surface area contributed by atoms with Gasteiger partial charge in [-0.15, -0.1) is 0 Å². The average molecular weight is 655 g/mol. The fraction of sp³-hybridized carbons (Fsp3) is 0.324. The molecule has 4 aromatic rings. The van der Waals surface area contributed by atoms with Crippen molar-refractivity contribution < 1.29 is 27.1 Å². The molecule has 0 aromatic heterocycles. The second kappa shape index (κ2) is 14.2. The summed E-state index contributed by atoms with van der Waals surface area (Å²) in [6, 6.07) is 19.9. The quantitative estimate of drug-likeness (QED) is 0.165. The summed E-state index contributed by atoms with van der Waals surface area (Å²) in [4.78, 5) is 14.8. The van der Waals surface area contributed by atoms with E-state index < -0.39 is 34.7 Å². The Hall–Kier alpha value is -3.57. The maximum atomic E-state index is 16.6. The van der Waals surface area contributed by atoms with Gasteiger partial charge in [0, 0.05) is 35.4 Å². The second-order valence-corrected chi connectivity index (χ2v) is 12.5. The van der Waals surface area contributed by atoms with Gasteiger partial charge in [0.05, 0.1) is 11.8 Å². The molecular weight excluding hydrogens is 620 g/mol. The number of fused-ring (bicyclic) bond motifs is 1. The minimum atomic E-state index is -3.92. The normalized spacial score (nSPS) is 15.2. The molecule has 1 saturated carbocycles. The number of hydrogen-bond donors (Lipinski definition) is 1. The third kappa shape index (κ3) is 7.47. The molecule has 4 aromatic carbocycles. The number of benzene rings is 4. The van der Waals surface area contributed by atoms with E-state index in [4.69, 9.17) is 22.1 Å². The number of carbonyl (C=O) groups excluding carboxylic acids is 1. The van der Waals surface area contributed by atoms with Crippen LogP contribution >= 0.6 is 11.6 Å². The lowest BCUT2D eigenvalue weighted by Gasteiger charge is -2.39.